The van der Waals surface area contributed by atoms with Gasteiger partial charge in [-0.15, -0.1) is 0 Å². The molecule has 0 aromatic carbocycles. The van der Waals surface area contributed by atoms with E-state index in [1.165, 1.54) is 5.57 Å². The van der Waals surface area contributed by atoms with Gasteiger partial charge in [-0.05, 0) is 97.2 Å². The minimum Gasteiger partial charge on any atom is -0.469 e. The number of methoxy groups -OCH3 is 1. The first-order valence-corrected chi connectivity index (χ1v) is 14.5. The molecule has 5 aliphatic carbocycles. The molecule has 5 heteroatoms. The standard InChI is InChI=1S/C31H50O5/c1-18-10-13-31(26(35)36-7)15-14-29(5)20(24(31)19(18)2)8-9-23-27(3)16-21(33)25(34)28(4,17-32)22(27)11-12-30(23,29)6/h8,18-19,21-25,32-34H,9-17H2,1-7H3/t18-,19+,21-,22?,23?,24?,25+,27+,28+,29-,30-,31+/m1/s1. The molecule has 0 aromatic rings. The zero-order valence-electron chi connectivity index (χ0n) is 23.6. The number of hydrogen-bond donors (Lipinski definition) is 3. The molecule has 0 aromatic heterocycles. The molecule has 5 rings (SSSR count). The van der Waals surface area contributed by atoms with Gasteiger partial charge in [0.25, 0.3) is 0 Å². The van der Waals surface area contributed by atoms with Gasteiger partial charge in [0, 0.05) is 5.41 Å². The van der Waals surface area contributed by atoms with Gasteiger partial charge >= 0.3 is 5.97 Å². The molecule has 204 valence electrons. The maximum Gasteiger partial charge on any atom is 0.312 e. The summed E-state index contributed by atoms with van der Waals surface area (Å²) in [6.07, 6.45) is 8.18. The fourth-order valence-corrected chi connectivity index (χ4v) is 11.2. The molecule has 0 amide bonds. The van der Waals surface area contributed by atoms with Crippen molar-refractivity contribution < 1.29 is 24.9 Å². The van der Waals surface area contributed by atoms with E-state index in [2.05, 4.69) is 40.7 Å². The van der Waals surface area contributed by atoms with E-state index < -0.39 is 23.0 Å². The van der Waals surface area contributed by atoms with Crippen molar-refractivity contribution in [1.29, 1.82) is 0 Å². The molecule has 0 aliphatic heterocycles. The Bertz CT molecular complexity index is 945. The monoisotopic (exact) mass is 502 g/mol. The third-order valence-electron chi connectivity index (χ3n) is 13.7. The number of ether oxygens (including phenoxy) is 1. The first kappa shape index (κ1) is 26.7. The van der Waals surface area contributed by atoms with Crippen molar-refractivity contribution in [3.8, 4) is 0 Å². The van der Waals surface area contributed by atoms with Crippen molar-refractivity contribution in [1.82, 2.24) is 0 Å². The van der Waals surface area contributed by atoms with Crippen LogP contribution in [0.2, 0.25) is 0 Å². The SMILES string of the molecule is COC(=O)[C@]12CC[C@@H](C)[C@H](C)C1C1=CCC3[C@@]4(C)C[C@@H](O)[C@H](O)[C@@](C)(CO)C4CC[C@@]3(C)[C@]1(C)CC2. The van der Waals surface area contributed by atoms with Gasteiger partial charge in [-0.25, -0.2) is 0 Å². The van der Waals surface area contributed by atoms with Crippen LogP contribution in [0.3, 0.4) is 0 Å². The molecular formula is C31H50O5. The Hall–Kier alpha value is -0.910. The van der Waals surface area contributed by atoms with Gasteiger partial charge in [-0.3, -0.25) is 4.79 Å². The average molecular weight is 503 g/mol. The topological polar surface area (TPSA) is 87.0 Å². The highest BCUT2D eigenvalue weighted by atomic mass is 16.5. The number of aliphatic hydroxyl groups is 3. The lowest BCUT2D eigenvalue weighted by molar-refractivity contribution is -0.244. The van der Waals surface area contributed by atoms with Crippen LogP contribution in [0.1, 0.15) is 92.9 Å². The zero-order valence-corrected chi connectivity index (χ0v) is 23.6. The van der Waals surface area contributed by atoms with E-state index >= 15 is 0 Å². The predicted octanol–water partition coefficient (Wildman–Crippen LogP) is 5.12. The summed E-state index contributed by atoms with van der Waals surface area (Å²) < 4.78 is 5.48. The number of esters is 1. The first-order valence-electron chi connectivity index (χ1n) is 14.5. The molecule has 5 aliphatic rings. The van der Waals surface area contributed by atoms with E-state index in [0.717, 1.165) is 44.9 Å². The lowest BCUT2D eigenvalue weighted by atomic mass is 9.33. The zero-order chi connectivity index (χ0) is 26.5. The normalized spacial score (nSPS) is 56.4. The van der Waals surface area contributed by atoms with Gasteiger partial charge < -0.3 is 20.1 Å². The average Bonchev–Trinajstić information content (AvgIpc) is 2.84. The van der Waals surface area contributed by atoms with E-state index in [1.807, 2.05) is 6.92 Å². The van der Waals surface area contributed by atoms with E-state index in [0.29, 0.717) is 24.2 Å². The van der Waals surface area contributed by atoms with Crippen LogP contribution in [-0.4, -0.2) is 47.2 Å². The van der Waals surface area contributed by atoms with E-state index in [4.69, 9.17) is 4.74 Å². The van der Waals surface area contributed by atoms with Crippen LogP contribution < -0.4 is 0 Å². The summed E-state index contributed by atoms with van der Waals surface area (Å²) in [5.41, 5.74) is 0.240. The fourth-order valence-electron chi connectivity index (χ4n) is 11.2. The highest BCUT2D eigenvalue weighted by Gasteiger charge is 2.70. The number of carbonyl (C=O) groups is 1. The van der Waals surface area contributed by atoms with Crippen LogP contribution in [0.5, 0.6) is 0 Å². The molecule has 0 radical (unpaired) electrons. The largest absolute Gasteiger partial charge is 0.469 e. The van der Waals surface area contributed by atoms with Crippen molar-refractivity contribution in [2.24, 2.45) is 56.7 Å². The van der Waals surface area contributed by atoms with E-state index in [1.54, 1.807) is 7.11 Å². The lowest BCUT2D eigenvalue weighted by Crippen LogP contribution is -2.68. The molecular weight excluding hydrogens is 452 g/mol. The van der Waals surface area contributed by atoms with Gasteiger partial charge in [0.15, 0.2) is 0 Å². The van der Waals surface area contributed by atoms with Crippen LogP contribution in [0, 0.1) is 56.7 Å². The maximum absolute atomic E-state index is 13.4. The Morgan fingerprint density at radius 3 is 2.36 bits per heavy atom. The molecule has 4 fully saturated rings. The number of allylic oxidation sites excluding steroid dienone is 2. The predicted molar refractivity (Wildman–Crippen MR) is 140 cm³/mol. The highest BCUT2D eigenvalue weighted by molar-refractivity contribution is 5.78. The summed E-state index contributed by atoms with van der Waals surface area (Å²) in [5.74, 6) is 1.73. The van der Waals surface area contributed by atoms with Crippen LogP contribution in [-0.2, 0) is 9.53 Å². The van der Waals surface area contributed by atoms with Gasteiger partial charge in [-0.2, -0.15) is 0 Å². The molecule has 5 nitrogen and oxygen atoms in total. The summed E-state index contributed by atoms with van der Waals surface area (Å²) in [5, 5.41) is 32.5. The van der Waals surface area contributed by atoms with E-state index in [-0.39, 0.29) is 40.7 Å². The quantitative estimate of drug-likeness (QED) is 0.360. The minimum atomic E-state index is -0.893. The number of hydrogen-bond acceptors (Lipinski definition) is 5. The Morgan fingerprint density at radius 1 is 1.03 bits per heavy atom. The molecule has 3 N–H and O–H groups in total. The molecule has 36 heavy (non-hydrogen) atoms. The minimum absolute atomic E-state index is 0.0137. The Kier molecular flexibility index (Phi) is 6.15. The van der Waals surface area contributed by atoms with Crippen LogP contribution in [0.25, 0.3) is 0 Å². The van der Waals surface area contributed by atoms with Gasteiger partial charge in [0.2, 0.25) is 0 Å². The number of aliphatic hydroxyl groups excluding tert-OH is 3. The van der Waals surface area contributed by atoms with Crippen molar-refractivity contribution in [2.45, 2.75) is 105 Å². The van der Waals surface area contributed by atoms with Crippen molar-refractivity contribution in [3.05, 3.63) is 11.6 Å². The second-order valence-electron chi connectivity index (χ2n) is 14.7. The molecule has 0 heterocycles. The first-order chi connectivity index (χ1) is 16.8. The Morgan fingerprint density at radius 2 is 1.72 bits per heavy atom. The molecule has 12 atom stereocenters. The fraction of sp³-hybridized carbons (Fsp3) is 0.903. The Balaban J connectivity index is 1.62. The van der Waals surface area contributed by atoms with Crippen LogP contribution >= 0.6 is 0 Å². The summed E-state index contributed by atoms with van der Waals surface area (Å²) in [7, 11) is 1.56. The lowest BCUT2D eigenvalue weighted by Gasteiger charge is -2.71. The van der Waals surface area contributed by atoms with Crippen molar-refractivity contribution in [2.75, 3.05) is 13.7 Å². The molecule has 3 unspecified atom stereocenters. The highest BCUT2D eigenvalue weighted by Crippen LogP contribution is 2.75. The summed E-state index contributed by atoms with van der Waals surface area (Å²) in [4.78, 5) is 13.4. The van der Waals surface area contributed by atoms with Crippen LogP contribution in [0.4, 0.5) is 0 Å². The molecule has 0 saturated heterocycles. The maximum atomic E-state index is 13.4. The van der Waals surface area contributed by atoms with Gasteiger partial charge in [-0.1, -0.05) is 53.2 Å². The Labute approximate surface area is 218 Å². The second-order valence-corrected chi connectivity index (χ2v) is 14.7. The smallest absolute Gasteiger partial charge is 0.312 e. The number of carbonyl (C=O) groups excluding carboxylic acids is 1. The van der Waals surface area contributed by atoms with Gasteiger partial charge in [0.1, 0.15) is 0 Å². The van der Waals surface area contributed by atoms with Gasteiger partial charge in [0.05, 0.1) is 31.3 Å². The summed E-state index contributed by atoms with van der Waals surface area (Å²) >= 11 is 0. The molecule has 0 bridgehead atoms. The van der Waals surface area contributed by atoms with Crippen molar-refractivity contribution in [3.63, 3.8) is 0 Å². The molecule has 4 saturated carbocycles. The summed E-state index contributed by atoms with van der Waals surface area (Å²) in [6, 6.07) is 0. The molecule has 0 spiro atoms. The third-order valence-corrected chi connectivity index (χ3v) is 13.7. The van der Waals surface area contributed by atoms with Crippen LogP contribution in [0.15, 0.2) is 11.6 Å². The summed E-state index contributed by atoms with van der Waals surface area (Å²) in [6.45, 7) is 13.9. The number of rotatable bonds is 2. The van der Waals surface area contributed by atoms with E-state index in [9.17, 15) is 20.1 Å². The number of fused-ring (bicyclic) bond motifs is 7. The second kappa shape index (κ2) is 8.29. The third kappa shape index (κ3) is 3.03. The van der Waals surface area contributed by atoms with Crippen molar-refractivity contribution >= 4 is 5.97 Å².